The first-order valence-electron chi connectivity index (χ1n) is 10.7. The summed E-state index contributed by atoms with van der Waals surface area (Å²) in [6.45, 7) is 2.23. The Morgan fingerprint density at radius 1 is 1.21 bits per heavy atom. The molecule has 1 saturated carbocycles. The van der Waals surface area contributed by atoms with Crippen molar-refractivity contribution < 1.29 is 18.0 Å². The first-order valence-corrected chi connectivity index (χ1v) is 10.7. The van der Waals surface area contributed by atoms with Gasteiger partial charge in [0.05, 0.1) is 11.0 Å². The summed E-state index contributed by atoms with van der Waals surface area (Å²) in [6, 6.07) is 7.76. The predicted octanol–water partition coefficient (Wildman–Crippen LogP) is 4.34. The van der Waals surface area contributed by atoms with E-state index in [0.717, 1.165) is 5.56 Å². The average Bonchev–Trinajstić information content (AvgIpc) is 3.36. The van der Waals surface area contributed by atoms with E-state index >= 15 is 0 Å². The number of aromatic amines is 1. The van der Waals surface area contributed by atoms with Gasteiger partial charge in [-0.25, -0.2) is 18.2 Å². The van der Waals surface area contributed by atoms with Gasteiger partial charge < -0.3 is 9.88 Å². The van der Waals surface area contributed by atoms with Crippen LogP contribution in [0, 0.1) is 12.7 Å². The lowest BCUT2D eigenvalue weighted by atomic mass is 9.79. The van der Waals surface area contributed by atoms with Crippen molar-refractivity contribution in [2.45, 2.75) is 38.0 Å². The minimum absolute atomic E-state index is 0.140. The van der Waals surface area contributed by atoms with E-state index in [1.165, 1.54) is 18.3 Å². The Bertz CT molecular complexity index is 1530. The molecule has 0 bridgehead atoms. The summed E-state index contributed by atoms with van der Waals surface area (Å²) in [6.07, 6.45) is 1.49. The number of nitrogens with one attached hydrogen (secondary N) is 1. The number of amides is 1. The lowest BCUT2D eigenvalue weighted by Gasteiger charge is -2.34. The number of H-pyrrole nitrogens is 1. The van der Waals surface area contributed by atoms with Crippen molar-refractivity contribution in [3.05, 3.63) is 75.1 Å². The number of aromatic nitrogens is 3. The van der Waals surface area contributed by atoms with Crippen LogP contribution in [0.2, 0.25) is 0 Å². The normalized spacial score (nSPS) is 17.5. The van der Waals surface area contributed by atoms with Gasteiger partial charge in [-0.05, 0) is 54.8 Å². The first kappa shape index (κ1) is 20.0. The SMILES string of the molecule is Cc1cc2c(cc1C(=O)N1CCc3cc(F)ccc31)[nH]c(=O)c1ncc(C3CC(F)(F)C3)n12. The highest BCUT2D eigenvalue weighted by Crippen LogP contribution is 2.48. The number of carbonyl (C=O) groups excluding carboxylic acids is 1. The fraction of sp³-hybridized carbons (Fsp3) is 0.292. The zero-order valence-corrected chi connectivity index (χ0v) is 17.7. The maximum atomic E-state index is 13.6. The summed E-state index contributed by atoms with van der Waals surface area (Å²) in [5.74, 6) is -3.67. The zero-order chi connectivity index (χ0) is 23.1. The molecule has 168 valence electrons. The molecule has 2 aromatic carbocycles. The molecular formula is C24H19F3N4O2. The van der Waals surface area contributed by atoms with E-state index in [4.69, 9.17) is 0 Å². The van der Waals surface area contributed by atoms with Crippen LogP contribution < -0.4 is 10.5 Å². The quantitative estimate of drug-likeness (QED) is 0.492. The van der Waals surface area contributed by atoms with Gasteiger partial charge in [0.15, 0.2) is 0 Å². The third-order valence-corrected chi connectivity index (χ3v) is 6.74. The Balaban J connectivity index is 1.47. The van der Waals surface area contributed by atoms with Crippen LogP contribution in [-0.4, -0.2) is 32.7 Å². The van der Waals surface area contributed by atoms with Gasteiger partial charge in [0.25, 0.3) is 11.5 Å². The summed E-state index contributed by atoms with van der Waals surface area (Å²) in [7, 11) is 0. The number of alkyl halides is 2. The highest BCUT2D eigenvalue weighted by Gasteiger charge is 2.47. The van der Waals surface area contributed by atoms with E-state index in [0.29, 0.717) is 46.5 Å². The highest BCUT2D eigenvalue weighted by atomic mass is 19.3. The summed E-state index contributed by atoms with van der Waals surface area (Å²) in [4.78, 5) is 34.6. The summed E-state index contributed by atoms with van der Waals surface area (Å²) < 4.78 is 42.2. The molecule has 3 heterocycles. The van der Waals surface area contributed by atoms with E-state index in [9.17, 15) is 22.8 Å². The number of aryl methyl sites for hydroxylation is 1. The van der Waals surface area contributed by atoms with E-state index in [2.05, 4.69) is 9.97 Å². The summed E-state index contributed by atoms with van der Waals surface area (Å²) in [5.41, 5.74) is 3.81. The van der Waals surface area contributed by atoms with Crippen LogP contribution in [0.25, 0.3) is 16.7 Å². The molecule has 1 fully saturated rings. The van der Waals surface area contributed by atoms with E-state index in [-0.39, 0.29) is 36.1 Å². The molecule has 0 saturated heterocycles. The van der Waals surface area contributed by atoms with Crippen molar-refractivity contribution in [1.29, 1.82) is 0 Å². The van der Waals surface area contributed by atoms with Gasteiger partial charge in [0, 0.05) is 48.4 Å². The number of hydrogen-bond donors (Lipinski definition) is 1. The number of nitrogens with zero attached hydrogens (tertiary/aromatic N) is 3. The van der Waals surface area contributed by atoms with Crippen molar-refractivity contribution in [2.24, 2.45) is 0 Å². The van der Waals surface area contributed by atoms with Crippen molar-refractivity contribution in [2.75, 3.05) is 11.4 Å². The first-order chi connectivity index (χ1) is 15.7. The number of benzene rings is 2. The molecule has 1 aliphatic heterocycles. The maximum Gasteiger partial charge on any atom is 0.292 e. The van der Waals surface area contributed by atoms with Crippen molar-refractivity contribution in [3.8, 4) is 0 Å². The fourth-order valence-electron chi connectivity index (χ4n) is 5.05. The number of hydrogen-bond acceptors (Lipinski definition) is 3. The molecule has 0 atom stereocenters. The Morgan fingerprint density at radius 2 is 2.00 bits per heavy atom. The molecule has 1 N–H and O–H groups in total. The second-order valence-electron chi connectivity index (χ2n) is 8.92. The van der Waals surface area contributed by atoms with E-state index in [1.54, 1.807) is 34.4 Å². The number of carbonyl (C=O) groups is 1. The van der Waals surface area contributed by atoms with Crippen LogP contribution in [-0.2, 0) is 6.42 Å². The number of imidazole rings is 1. The van der Waals surface area contributed by atoms with Gasteiger partial charge in [-0.2, -0.15) is 0 Å². The van der Waals surface area contributed by atoms with Gasteiger partial charge >= 0.3 is 0 Å². The van der Waals surface area contributed by atoms with Crippen molar-refractivity contribution in [3.63, 3.8) is 0 Å². The Labute approximate surface area is 185 Å². The third kappa shape index (κ3) is 2.98. The number of anilines is 1. The fourth-order valence-corrected chi connectivity index (χ4v) is 5.05. The van der Waals surface area contributed by atoms with Gasteiger partial charge in [0.2, 0.25) is 11.6 Å². The van der Waals surface area contributed by atoms with Gasteiger partial charge in [-0.3, -0.25) is 14.0 Å². The topological polar surface area (TPSA) is 70.5 Å². The number of halogens is 3. The lowest BCUT2D eigenvalue weighted by Crippen LogP contribution is -2.34. The second kappa shape index (κ2) is 6.69. The van der Waals surface area contributed by atoms with Crippen molar-refractivity contribution in [1.82, 2.24) is 14.4 Å². The highest BCUT2D eigenvalue weighted by molar-refractivity contribution is 6.09. The molecule has 0 spiro atoms. The van der Waals surface area contributed by atoms with Gasteiger partial charge in [-0.15, -0.1) is 0 Å². The standard InChI is InChI=1S/C24H19F3N4O2/c1-12-6-19-17(8-16(12)23(33)30-5-4-13-7-15(25)2-3-18(13)30)29-22(32)21-28-11-20(31(19)21)14-9-24(26,27)10-14/h2-3,6-8,11,14H,4-5,9-10H2,1H3,(H,29,32). The molecule has 0 radical (unpaired) electrons. The van der Waals surface area contributed by atoms with Crippen LogP contribution in [0.5, 0.6) is 0 Å². The third-order valence-electron chi connectivity index (χ3n) is 6.74. The molecular weight excluding hydrogens is 433 g/mol. The molecule has 1 aliphatic carbocycles. The van der Waals surface area contributed by atoms with Crippen LogP contribution >= 0.6 is 0 Å². The van der Waals surface area contributed by atoms with Crippen LogP contribution in [0.3, 0.4) is 0 Å². The molecule has 9 heteroatoms. The molecule has 2 aliphatic rings. The minimum atomic E-state index is -2.70. The van der Waals surface area contributed by atoms with Crippen LogP contribution in [0.1, 0.15) is 45.9 Å². The van der Waals surface area contributed by atoms with E-state index < -0.39 is 11.5 Å². The lowest BCUT2D eigenvalue weighted by molar-refractivity contribution is -0.0877. The molecule has 0 unspecified atom stereocenters. The minimum Gasteiger partial charge on any atom is -0.317 e. The predicted molar refractivity (Wildman–Crippen MR) is 117 cm³/mol. The Hall–Kier alpha value is -3.62. The monoisotopic (exact) mass is 452 g/mol. The molecule has 6 nitrogen and oxygen atoms in total. The van der Waals surface area contributed by atoms with Gasteiger partial charge in [0.1, 0.15) is 5.82 Å². The smallest absolute Gasteiger partial charge is 0.292 e. The number of rotatable bonds is 2. The van der Waals surface area contributed by atoms with Crippen LogP contribution in [0.15, 0.2) is 41.3 Å². The summed E-state index contributed by atoms with van der Waals surface area (Å²) >= 11 is 0. The molecule has 6 rings (SSSR count). The van der Waals surface area contributed by atoms with Crippen LogP contribution in [0.4, 0.5) is 18.9 Å². The molecule has 2 aromatic heterocycles. The summed E-state index contributed by atoms with van der Waals surface area (Å²) in [5, 5.41) is 0. The zero-order valence-electron chi connectivity index (χ0n) is 17.7. The Kier molecular flexibility index (Phi) is 4.06. The van der Waals surface area contributed by atoms with Crippen molar-refractivity contribution >= 4 is 28.3 Å². The second-order valence-corrected chi connectivity index (χ2v) is 8.92. The van der Waals surface area contributed by atoms with E-state index in [1.807, 2.05) is 0 Å². The molecule has 1 amide bonds. The largest absolute Gasteiger partial charge is 0.317 e. The Morgan fingerprint density at radius 3 is 2.76 bits per heavy atom. The molecule has 33 heavy (non-hydrogen) atoms. The van der Waals surface area contributed by atoms with Gasteiger partial charge in [-0.1, -0.05) is 0 Å². The number of fused-ring (bicyclic) bond motifs is 4. The maximum absolute atomic E-state index is 13.6. The molecule has 4 aromatic rings. The average molecular weight is 452 g/mol.